The van der Waals surface area contributed by atoms with Crippen LogP contribution in [-0.2, 0) is 12.7 Å². The molecule has 0 bridgehead atoms. The van der Waals surface area contributed by atoms with Gasteiger partial charge in [-0.2, -0.15) is 13.2 Å². The van der Waals surface area contributed by atoms with Gasteiger partial charge in [0.1, 0.15) is 11.9 Å². The zero-order valence-corrected chi connectivity index (χ0v) is 14.5. The minimum atomic E-state index is -4.43. The molecule has 6 nitrogen and oxygen atoms in total. The van der Waals surface area contributed by atoms with Gasteiger partial charge in [-0.05, 0) is 23.8 Å². The van der Waals surface area contributed by atoms with E-state index in [0.717, 1.165) is 23.6 Å². The first-order valence-corrected chi connectivity index (χ1v) is 8.21. The Balaban J connectivity index is 1.41. The summed E-state index contributed by atoms with van der Waals surface area (Å²) in [6.07, 6.45) is -3.99. The Morgan fingerprint density at radius 2 is 1.93 bits per heavy atom. The van der Waals surface area contributed by atoms with E-state index >= 15 is 0 Å². The van der Waals surface area contributed by atoms with Crippen molar-refractivity contribution in [2.45, 2.75) is 18.8 Å². The van der Waals surface area contributed by atoms with E-state index in [1.54, 1.807) is 12.0 Å². The normalized spacial score (nSPS) is 14.4. The van der Waals surface area contributed by atoms with Crippen LogP contribution in [0.15, 0.2) is 42.6 Å². The Kier molecular flexibility index (Phi) is 5.38. The maximum atomic E-state index is 12.5. The van der Waals surface area contributed by atoms with E-state index in [0.29, 0.717) is 19.6 Å². The molecular weight excluding hydrogens is 363 g/mol. The molecule has 1 aliphatic rings. The third-order valence-corrected chi connectivity index (χ3v) is 4.09. The van der Waals surface area contributed by atoms with Crippen LogP contribution in [-0.4, -0.2) is 42.2 Å². The lowest BCUT2D eigenvalue weighted by Gasteiger charge is -2.38. The molecule has 1 aromatic carbocycles. The molecule has 9 heteroatoms. The van der Waals surface area contributed by atoms with Crippen LogP contribution in [0, 0.1) is 0 Å². The van der Waals surface area contributed by atoms with Gasteiger partial charge in [-0.15, -0.1) is 0 Å². The van der Waals surface area contributed by atoms with Crippen LogP contribution in [0.5, 0.6) is 11.6 Å². The van der Waals surface area contributed by atoms with E-state index in [4.69, 9.17) is 9.47 Å². The Morgan fingerprint density at radius 1 is 1.22 bits per heavy atom. The number of aromatic nitrogens is 1. The van der Waals surface area contributed by atoms with E-state index in [1.807, 2.05) is 24.3 Å². The molecule has 0 atom stereocenters. The number of carbonyl (C=O) groups excluding carboxylic acids is 1. The standard InChI is InChI=1S/C18H18F3N3O3/c1-26-14-5-2-12(3-6-14)8-23-17(25)24-10-15(11-24)27-16-7-4-13(9-22-16)18(19,20)21/h2-7,9,15H,8,10-11H2,1H3,(H,23,25). The van der Waals surface area contributed by atoms with Crippen molar-refractivity contribution in [3.05, 3.63) is 53.7 Å². The second-order valence-corrected chi connectivity index (χ2v) is 6.03. The number of methoxy groups -OCH3 is 1. The number of nitrogens with zero attached hydrogens (tertiary/aromatic N) is 2. The number of hydrogen-bond donors (Lipinski definition) is 1. The van der Waals surface area contributed by atoms with Crippen LogP contribution in [0.4, 0.5) is 18.0 Å². The Hall–Kier alpha value is -2.97. The van der Waals surface area contributed by atoms with E-state index in [1.165, 1.54) is 6.07 Å². The van der Waals surface area contributed by atoms with E-state index in [9.17, 15) is 18.0 Å². The molecule has 0 radical (unpaired) electrons. The Morgan fingerprint density at radius 3 is 2.48 bits per heavy atom. The van der Waals surface area contributed by atoms with Crippen molar-refractivity contribution >= 4 is 6.03 Å². The quantitative estimate of drug-likeness (QED) is 0.865. The number of nitrogens with one attached hydrogen (secondary N) is 1. The van der Waals surface area contributed by atoms with Crippen LogP contribution in [0.2, 0.25) is 0 Å². The maximum absolute atomic E-state index is 12.5. The van der Waals surface area contributed by atoms with Crippen LogP contribution < -0.4 is 14.8 Å². The number of benzene rings is 1. The molecule has 0 saturated carbocycles. The molecule has 144 valence electrons. The van der Waals surface area contributed by atoms with Crippen LogP contribution in [0.25, 0.3) is 0 Å². The molecule has 1 aromatic heterocycles. The number of urea groups is 1. The monoisotopic (exact) mass is 381 g/mol. The third kappa shape index (κ3) is 4.81. The van der Waals surface area contributed by atoms with Crippen molar-refractivity contribution in [1.29, 1.82) is 0 Å². The molecular formula is C18H18F3N3O3. The minimum absolute atomic E-state index is 0.103. The van der Waals surface area contributed by atoms with Crippen molar-refractivity contribution in [3.8, 4) is 11.6 Å². The fourth-order valence-corrected chi connectivity index (χ4v) is 2.50. The summed E-state index contributed by atoms with van der Waals surface area (Å²) in [6, 6.07) is 9.20. The maximum Gasteiger partial charge on any atom is 0.417 e. The van der Waals surface area contributed by atoms with E-state index < -0.39 is 11.7 Å². The predicted molar refractivity (Wildman–Crippen MR) is 90.5 cm³/mol. The summed E-state index contributed by atoms with van der Waals surface area (Å²) in [5, 5.41) is 2.80. The van der Waals surface area contributed by atoms with Gasteiger partial charge in [-0.1, -0.05) is 12.1 Å². The van der Waals surface area contributed by atoms with Gasteiger partial charge >= 0.3 is 12.2 Å². The number of ether oxygens (including phenoxy) is 2. The molecule has 3 rings (SSSR count). The van der Waals surface area contributed by atoms with Crippen LogP contribution in [0.1, 0.15) is 11.1 Å². The van der Waals surface area contributed by atoms with Gasteiger partial charge in [0, 0.05) is 18.8 Å². The number of amides is 2. The predicted octanol–water partition coefficient (Wildman–Crippen LogP) is 3.08. The second kappa shape index (κ2) is 7.73. The van der Waals surface area contributed by atoms with Crippen molar-refractivity contribution in [2.24, 2.45) is 0 Å². The number of rotatable bonds is 5. The first kappa shape index (κ1) is 18.8. The number of hydrogen-bond acceptors (Lipinski definition) is 4. The lowest BCUT2D eigenvalue weighted by molar-refractivity contribution is -0.137. The molecule has 1 fully saturated rings. The number of pyridine rings is 1. The fourth-order valence-electron chi connectivity index (χ4n) is 2.50. The summed E-state index contributed by atoms with van der Waals surface area (Å²) < 4.78 is 48.0. The van der Waals surface area contributed by atoms with Gasteiger partial charge in [0.05, 0.1) is 25.8 Å². The van der Waals surface area contributed by atoms with E-state index in [2.05, 4.69) is 10.3 Å². The molecule has 27 heavy (non-hydrogen) atoms. The smallest absolute Gasteiger partial charge is 0.417 e. The molecule has 2 heterocycles. The fraction of sp³-hybridized carbons (Fsp3) is 0.333. The highest BCUT2D eigenvalue weighted by molar-refractivity contribution is 5.75. The van der Waals surface area contributed by atoms with Crippen molar-refractivity contribution in [1.82, 2.24) is 15.2 Å². The number of alkyl halides is 3. The van der Waals surface area contributed by atoms with Crippen molar-refractivity contribution in [2.75, 3.05) is 20.2 Å². The lowest BCUT2D eigenvalue weighted by Crippen LogP contribution is -2.58. The summed E-state index contributed by atoms with van der Waals surface area (Å²) >= 11 is 0. The molecule has 0 aliphatic carbocycles. The van der Waals surface area contributed by atoms with Crippen LogP contribution in [0.3, 0.4) is 0 Å². The van der Waals surface area contributed by atoms with Gasteiger partial charge in [0.2, 0.25) is 5.88 Å². The molecule has 0 unspecified atom stereocenters. The highest BCUT2D eigenvalue weighted by Gasteiger charge is 2.33. The molecule has 0 spiro atoms. The minimum Gasteiger partial charge on any atom is -0.497 e. The largest absolute Gasteiger partial charge is 0.497 e. The number of halogens is 3. The summed E-state index contributed by atoms with van der Waals surface area (Å²) in [4.78, 5) is 17.3. The summed E-state index contributed by atoms with van der Waals surface area (Å²) in [5.41, 5.74) is 0.106. The Bertz CT molecular complexity index is 773. The zero-order valence-electron chi connectivity index (χ0n) is 14.5. The van der Waals surface area contributed by atoms with Gasteiger partial charge in [-0.25, -0.2) is 9.78 Å². The van der Waals surface area contributed by atoms with Gasteiger partial charge in [-0.3, -0.25) is 0 Å². The summed E-state index contributed by atoms with van der Waals surface area (Å²) in [6.45, 7) is 1.07. The molecule has 2 amide bonds. The summed E-state index contributed by atoms with van der Waals surface area (Å²) in [5.74, 6) is 0.843. The molecule has 2 aromatic rings. The third-order valence-electron chi connectivity index (χ3n) is 4.09. The topological polar surface area (TPSA) is 63.7 Å². The van der Waals surface area contributed by atoms with Crippen LogP contribution >= 0.6 is 0 Å². The first-order valence-electron chi connectivity index (χ1n) is 8.21. The van der Waals surface area contributed by atoms with Gasteiger partial charge in [0.25, 0.3) is 0 Å². The average molecular weight is 381 g/mol. The second-order valence-electron chi connectivity index (χ2n) is 6.03. The molecule has 1 N–H and O–H groups in total. The number of likely N-dealkylation sites (tertiary alicyclic amines) is 1. The highest BCUT2D eigenvalue weighted by atomic mass is 19.4. The highest BCUT2D eigenvalue weighted by Crippen LogP contribution is 2.29. The summed E-state index contributed by atoms with van der Waals surface area (Å²) in [7, 11) is 1.58. The number of carbonyl (C=O) groups is 1. The SMILES string of the molecule is COc1ccc(CNC(=O)N2CC(Oc3ccc(C(F)(F)F)cn3)C2)cc1. The Labute approximate surface area is 153 Å². The zero-order chi connectivity index (χ0) is 19.4. The van der Waals surface area contributed by atoms with Gasteiger partial charge < -0.3 is 19.7 Å². The lowest BCUT2D eigenvalue weighted by atomic mass is 10.2. The molecule has 1 saturated heterocycles. The first-order chi connectivity index (χ1) is 12.8. The average Bonchev–Trinajstić information content (AvgIpc) is 2.62. The van der Waals surface area contributed by atoms with Gasteiger partial charge in [0.15, 0.2) is 0 Å². The van der Waals surface area contributed by atoms with Crippen molar-refractivity contribution in [3.63, 3.8) is 0 Å². The van der Waals surface area contributed by atoms with Crippen molar-refractivity contribution < 1.29 is 27.4 Å². The van der Waals surface area contributed by atoms with E-state index in [-0.39, 0.29) is 18.0 Å². The molecule has 1 aliphatic heterocycles.